The van der Waals surface area contributed by atoms with Crippen molar-refractivity contribution in [1.29, 1.82) is 0 Å². The lowest BCUT2D eigenvalue weighted by molar-refractivity contribution is 0.0742. The maximum absolute atomic E-state index is 14.1. The fourth-order valence-electron chi connectivity index (χ4n) is 3.60. The van der Waals surface area contributed by atoms with E-state index in [0.717, 1.165) is 11.6 Å². The number of benzene rings is 2. The number of hydrogen-bond donors (Lipinski definition) is 0. The molecule has 1 aliphatic heterocycles. The molecule has 1 atom stereocenters. The van der Waals surface area contributed by atoms with Gasteiger partial charge in [0.2, 0.25) is 0 Å². The highest BCUT2D eigenvalue weighted by atomic mass is 32.2. The first kappa shape index (κ1) is 22.1. The third-order valence-electron chi connectivity index (χ3n) is 5.09. The molecule has 6 nitrogen and oxygen atoms in total. The van der Waals surface area contributed by atoms with E-state index in [1.165, 1.54) is 16.8 Å². The molecule has 32 heavy (non-hydrogen) atoms. The summed E-state index contributed by atoms with van der Waals surface area (Å²) in [6.07, 6.45) is 1.51. The summed E-state index contributed by atoms with van der Waals surface area (Å²) in [4.78, 5) is 15.5. The normalized spacial score (nSPS) is 14.0. The highest BCUT2D eigenvalue weighted by molar-refractivity contribution is 7.85. The first-order valence-corrected chi connectivity index (χ1v) is 11.6. The van der Waals surface area contributed by atoms with Crippen LogP contribution in [-0.2, 0) is 23.9 Å². The van der Waals surface area contributed by atoms with Gasteiger partial charge in [0.25, 0.3) is 5.91 Å². The second-order valence-electron chi connectivity index (χ2n) is 7.76. The largest absolute Gasteiger partial charge is 0.490 e. The zero-order valence-corrected chi connectivity index (χ0v) is 18.8. The van der Waals surface area contributed by atoms with Crippen molar-refractivity contribution in [2.45, 2.75) is 44.9 Å². The van der Waals surface area contributed by atoms with Crippen molar-refractivity contribution in [1.82, 2.24) is 14.7 Å². The zero-order chi connectivity index (χ0) is 23.0. The van der Waals surface area contributed by atoms with Crippen molar-refractivity contribution in [3.05, 3.63) is 71.1 Å². The molecule has 0 bridgehead atoms. The number of ether oxygens (including phenoxy) is 1. The maximum Gasteiger partial charge on any atom is 0.258 e. The average Bonchev–Trinajstić information content (AvgIpc) is 3.32. The molecule has 2 heterocycles. The molecule has 0 N–H and O–H groups in total. The van der Waals surface area contributed by atoms with Gasteiger partial charge in [0.15, 0.2) is 5.82 Å². The van der Waals surface area contributed by atoms with Crippen molar-refractivity contribution < 1.29 is 22.5 Å². The summed E-state index contributed by atoms with van der Waals surface area (Å²) in [5.74, 6) is -0.747. The molecule has 0 fully saturated rings. The van der Waals surface area contributed by atoms with Crippen LogP contribution in [0.4, 0.5) is 8.78 Å². The van der Waals surface area contributed by atoms with E-state index >= 15 is 0 Å². The Balaban J connectivity index is 1.60. The van der Waals surface area contributed by atoms with E-state index in [1.807, 2.05) is 20.8 Å². The molecule has 1 amide bonds. The second kappa shape index (κ2) is 8.82. The Morgan fingerprint density at radius 2 is 1.97 bits per heavy atom. The van der Waals surface area contributed by atoms with Gasteiger partial charge in [0, 0.05) is 35.0 Å². The van der Waals surface area contributed by atoms with Crippen molar-refractivity contribution in [3.8, 4) is 11.4 Å². The number of amides is 1. The summed E-state index contributed by atoms with van der Waals surface area (Å²) in [5, 5.41) is 4.39. The smallest absolute Gasteiger partial charge is 0.258 e. The summed E-state index contributed by atoms with van der Waals surface area (Å²) in [6, 6.07) is 8.33. The van der Waals surface area contributed by atoms with Gasteiger partial charge in [-0.2, -0.15) is 5.10 Å². The molecule has 0 spiro atoms. The van der Waals surface area contributed by atoms with Gasteiger partial charge in [0.05, 0.1) is 34.7 Å². The molecular weight excluding hydrogens is 436 g/mol. The summed E-state index contributed by atoms with van der Waals surface area (Å²) in [6.45, 7) is 6.09. The Hall–Kier alpha value is -3.07. The third-order valence-corrected chi connectivity index (χ3v) is 6.40. The van der Waals surface area contributed by atoms with Gasteiger partial charge in [-0.25, -0.2) is 13.5 Å². The molecule has 1 aromatic heterocycles. The van der Waals surface area contributed by atoms with Gasteiger partial charge < -0.3 is 9.64 Å². The minimum absolute atomic E-state index is 0.131. The highest BCUT2D eigenvalue weighted by Gasteiger charge is 2.30. The van der Waals surface area contributed by atoms with Crippen LogP contribution in [0, 0.1) is 11.6 Å². The molecule has 168 valence electrons. The van der Waals surface area contributed by atoms with Crippen molar-refractivity contribution >= 4 is 16.7 Å². The number of carbonyl (C=O) groups excluding carboxylic acids is 1. The predicted molar refractivity (Wildman–Crippen MR) is 116 cm³/mol. The van der Waals surface area contributed by atoms with Gasteiger partial charge in [0.1, 0.15) is 17.3 Å². The summed E-state index contributed by atoms with van der Waals surface area (Å²) in [7, 11) is -1.20. The monoisotopic (exact) mass is 459 g/mol. The molecule has 0 saturated carbocycles. The number of aromatic nitrogens is 2. The van der Waals surface area contributed by atoms with E-state index in [2.05, 4.69) is 5.10 Å². The third kappa shape index (κ3) is 4.29. The standard InChI is InChI=1S/C23H23F2N3O3S/c1-4-32(30)17-6-8-22(31-14(2)3)18(10-17)23(29)27-11-15-12-28(26-20(15)13-27)21-7-5-16(24)9-19(21)25/h5-10,12,14H,4,11,13H2,1-3H3. The number of nitrogens with zero attached hydrogens (tertiary/aromatic N) is 3. The van der Waals surface area contributed by atoms with Gasteiger partial charge >= 0.3 is 0 Å². The summed E-state index contributed by atoms with van der Waals surface area (Å²) < 4.78 is 46.8. The molecule has 0 radical (unpaired) electrons. The minimum Gasteiger partial charge on any atom is -0.490 e. The molecule has 0 aliphatic carbocycles. The van der Waals surface area contributed by atoms with Crippen LogP contribution in [0.25, 0.3) is 5.69 Å². The van der Waals surface area contributed by atoms with Crippen LogP contribution in [0.15, 0.2) is 47.5 Å². The molecule has 4 rings (SSSR count). The highest BCUT2D eigenvalue weighted by Crippen LogP contribution is 2.30. The summed E-state index contributed by atoms with van der Waals surface area (Å²) in [5.41, 5.74) is 1.91. The van der Waals surface area contributed by atoms with Crippen LogP contribution in [0.1, 0.15) is 42.4 Å². The topological polar surface area (TPSA) is 64.4 Å². The molecular formula is C23H23F2N3O3S. The Kier molecular flexibility index (Phi) is 6.10. The van der Waals surface area contributed by atoms with E-state index < -0.39 is 22.4 Å². The molecule has 1 unspecified atom stereocenters. The fraction of sp³-hybridized carbons (Fsp3) is 0.304. The van der Waals surface area contributed by atoms with Gasteiger partial charge in [-0.15, -0.1) is 0 Å². The Bertz CT molecular complexity index is 1190. The quantitative estimate of drug-likeness (QED) is 0.554. The Morgan fingerprint density at radius 1 is 1.19 bits per heavy atom. The number of rotatable bonds is 6. The van der Waals surface area contributed by atoms with Crippen molar-refractivity contribution in [2.75, 3.05) is 5.75 Å². The Morgan fingerprint density at radius 3 is 2.62 bits per heavy atom. The van der Waals surface area contributed by atoms with Crippen LogP contribution in [0.3, 0.4) is 0 Å². The molecule has 3 aromatic rings. The molecule has 9 heteroatoms. The number of carbonyl (C=O) groups is 1. The fourth-order valence-corrected chi connectivity index (χ4v) is 4.40. The van der Waals surface area contributed by atoms with Gasteiger partial charge in [-0.05, 0) is 44.2 Å². The number of hydrogen-bond acceptors (Lipinski definition) is 4. The number of fused-ring (bicyclic) bond motifs is 1. The van der Waals surface area contributed by atoms with Crippen LogP contribution in [0.5, 0.6) is 5.75 Å². The summed E-state index contributed by atoms with van der Waals surface area (Å²) >= 11 is 0. The number of halogens is 2. The maximum atomic E-state index is 14.1. The van der Waals surface area contributed by atoms with Crippen LogP contribution in [0.2, 0.25) is 0 Å². The predicted octanol–water partition coefficient (Wildman–Crippen LogP) is 4.22. The van der Waals surface area contributed by atoms with Crippen molar-refractivity contribution in [2.24, 2.45) is 0 Å². The average molecular weight is 460 g/mol. The molecule has 0 saturated heterocycles. The minimum atomic E-state index is -1.20. The van der Waals surface area contributed by atoms with Gasteiger partial charge in [-0.1, -0.05) is 6.92 Å². The van der Waals surface area contributed by atoms with E-state index in [1.54, 1.807) is 29.3 Å². The second-order valence-corrected chi connectivity index (χ2v) is 9.50. The zero-order valence-electron chi connectivity index (χ0n) is 18.0. The first-order valence-electron chi connectivity index (χ1n) is 10.3. The van der Waals surface area contributed by atoms with Gasteiger partial charge in [-0.3, -0.25) is 9.00 Å². The Labute approximate surface area is 187 Å². The molecule has 1 aliphatic rings. The molecule has 2 aromatic carbocycles. The lowest BCUT2D eigenvalue weighted by Crippen LogP contribution is -2.27. The lowest BCUT2D eigenvalue weighted by Gasteiger charge is -2.20. The lowest BCUT2D eigenvalue weighted by atomic mass is 10.1. The van der Waals surface area contributed by atoms with E-state index in [4.69, 9.17) is 4.74 Å². The first-order chi connectivity index (χ1) is 15.3. The van der Waals surface area contributed by atoms with Crippen LogP contribution < -0.4 is 4.74 Å². The van der Waals surface area contributed by atoms with Crippen molar-refractivity contribution in [3.63, 3.8) is 0 Å². The van der Waals surface area contributed by atoms with E-state index in [0.29, 0.717) is 34.2 Å². The van der Waals surface area contributed by atoms with Crippen LogP contribution in [-0.4, -0.2) is 36.7 Å². The SMILES string of the molecule is CCS(=O)c1ccc(OC(C)C)c(C(=O)N2Cc3cn(-c4ccc(F)cc4F)nc3C2)c1. The van der Waals surface area contributed by atoms with E-state index in [9.17, 15) is 17.8 Å². The van der Waals surface area contributed by atoms with E-state index in [-0.39, 0.29) is 24.2 Å². The van der Waals surface area contributed by atoms with Crippen LogP contribution >= 0.6 is 0 Å².